The van der Waals surface area contributed by atoms with Crippen molar-refractivity contribution in [3.8, 4) is 0 Å². The van der Waals surface area contributed by atoms with Crippen LogP contribution in [0.4, 0.5) is 0 Å². The van der Waals surface area contributed by atoms with Crippen molar-refractivity contribution in [2.75, 3.05) is 6.61 Å². The number of allylic oxidation sites excluding steroid dienone is 4. The Bertz CT molecular complexity index is 415. The van der Waals surface area contributed by atoms with Crippen LogP contribution in [0, 0.1) is 23.2 Å². The predicted molar refractivity (Wildman–Crippen MR) is 86.6 cm³/mol. The molecule has 0 spiro atoms. The van der Waals surface area contributed by atoms with Crippen LogP contribution in [0.2, 0.25) is 0 Å². The third kappa shape index (κ3) is 2.88. The average Bonchev–Trinajstić information content (AvgIpc) is 2.42. The van der Waals surface area contributed by atoms with E-state index in [1.807, 2.05) is 0 Å². The van der Waals surface area contributed by atoms with E-state index in [0.29, 0.717) is 24.4 Å². The second-order valence-corrected chi connectivity index (χ2v) is 7.71. The summed E-state index contributed by atoms with van der Waals surface area (Å²) in [7, 11) is 0. The van der Waals surface area contributed by atoms with Crippen molar-refractivity contribution in [2.24, 2.45) is 23.2 Å². The van der Waals surface area contributed by atoms with Crippen molar-refractivity contribution >= 4 is 0 Å². The minimum atomic E-state index is 0.159. The van der Waals surface area contributed by atoms with Crippen LogP contribution in [-0.2, 0) is 0 Å². The lowest BCUT2D eigenvalue weighted by molar-refractivity contribution is 0.00599. The zero-order chi connectivity index (χ0) is 14.9. The van der Waals surface area contributed by atoms with Gasteiger partial charge in [-0.2, -0.15) is 0 Å². The molecule has 0 heterocycles. The lowest BCUT2D eigenvalue weighted by Crippen LogP contribution is -2.42. The van der Waals surface area contributed by atoms with E-state index < -0.39 is 0 Å². The molecule has 2 aliphatic rings. The number of aliphatic hydroxyl groups is 1. The summed E-state index contributed by atoms with van der Waals surface area (Å²) in [5.74, 6) is 2.04. The van der Waals surface area contributed by atoms with Crippen molar-refractivity contribution in [3.05, 3.63) is 22.8 Å². The van der Waals surface area contributed by atoms with Crippen LogP contribution in [0.15, 0.2) is 22.8 Å². The molecule has 0 aliphatic heterocycles. The highest BCUT2D eigenvalue weighted by Gasteiger charge is 2.43. The van der Waals surface area contributed by atoms with Gasteiger partial charge in [0, 0.05) is 6.61 Å². The van der Waals surface area contributed by atoms with Gasteiger partial charge >= 0.3 is 0 Å². The summed E-state index contributed by atoms with van der Waals surface area (Å²) in [6.45, 7) is 11.8. The van der Waals surface area contributed by atoms with Crippen molar-refractivity contribution in [1.82, 2.24) is 0 Å². The first-order valence-corrected chi connectivity index (χ1v) is 8.37. The number of hydrogen-bond donors (Lipinski definition) is 1. The summed E-state index contributed by atoms with van der Waals surface area (Å²) in [5, 5.41) is 9.83. The smallest absolute Gasteiger partial charge is 0.0487 e. The number of fused-ring (bicyclic) bond motifs is 1. The SMILES string of the molecule is CC1=C(/C=C(\C)C(C)C)CCC2C1CCCC2(C)CO. The van der Waals surface area contributed by atoms with Crippen LogP contribution in [0.1, 0.15) is 66.7 Å². The van der Waals surface area contributed by atoms with Crippen molar-refractivity contribution in [3.63, 3.8) is 0 Å². The van der Waals surface area contributed by atoms with E-state index in [1.165, 1.54) is 37.7 Å². The molecule has 2 rings (SSSR count). The van der Waals surface area contributed by atoms with Gasteiger partial charge in [-0.1, -0.05) is 44.4 Å². The minimum Gasteiger partial charge on any atom is -0.396 e. The molecule has 0 aromatic carbocycles. The highest BCUT2D eigenvalue weighted by Crippen LogP contribution is 2.52. The maximum atomic E-state index is 9.83. The lowest BCUT2D eigenvalue weighted by atomic mass is 9.57. The summed E-state index contributed by atoms with van der Waals surface area (Å²) in [4.78, 5) is 0. The second kappa shape index (κ2) is 6.05. The first kappa shape index (κ1) is 15.8. The van der Waals surface area contributed by atoms with Crippen LogP contribution in [0.5, 0.6) is 0 Å². The first-order chi connectivity index (χ1) is 9.39. The topological polar surface area (TPSA) is 20.2 Å². The Labute approximate surface area is 125 Å². The van der Waals surface area contributed by atoms with Gasteiger partial charge in [-0.3, -0.25) is 0 Å². The van der Waals surface area contributed by atoms with Crippen molar-refractivity contribution in [1.29, 1.82) is 0 Å². The van der Waals surface area contributed by atoms with Gasteiger partial charge in [-0.15, -0.1) is 0 Å². The molecule has 3 atom stereocenters. The van der Waals surface area contributed by atoms with E-state index in [4.69, 9.17) is 0 Å². The molecule has 114 valence electrons. The zero-order valence-corrected chi connectivity index (χ0v) is 14.0. The summed E-state index contributed by atoms with van der Waals surface area (Å²) in [5.41, 5.74) is 4.85. The van der Waals surface area contributed by atoms with E-state index in [-0.39, 0.29) is 5.41 Å². The van der Waals surface area contributed by atoms with Crippen LogP contribution in [0.3, 0.4) is 0 Å². The quantitative estimate of drug-likeness (QED) is 0.759. The summed E-state index contributed by atoms with van der Waals surface area (Å²) >= 11 is 0. The fourth-order valence-electron chi connectivity index (χ4n) is 4.24. The van der Waals surface area contributed by atoms with Gasteiger partial charge in [0.2, 0.25) is 0 Å². The highest BCUT2D eigenvalue weighted by molar-refractivity contribution is 5.32. The predicted octanol–water partition coefficient (Wildman–Crippen LogP) is 5.11. The van der Waals surface area contributed by atoms with Gasteiger partial charge in [0.1, 0.15) is 0 Å². The molecule has 0 aromatic heterocycles. The molecule has 0 bridgehead atoms. The van der Waals surface area contributed by atoms with Gasteiger partial charge in [0.25, 0.3) is 0 Å². The molecule has 3 unspecified atom stereocenters. The normalized spacial score (nSPS) is 35.5. The second-order valence-electron chi connectivity index (χ2n) is 7.71. The highest BCUT2D eigenvalue weighted by atomic mass is 16.3. The fraction of sp³-hybridized carbons (Fsp3) is 0.789. The molecule has 1 saturated carbocycles. The van der Waals surface area contributed by atoms with Gasteiger partial charge in [-0.25, -0.2) is 0 Å². The fourth-order valence-corrected chi connectivity index (χ4v) is 4.24. The molecule has 2 aliphatic carbocycles. The molecular weight excluding hydrogens is 244 g/mol. The Kier molecular flexibility index (Phi) is 4.79. The maximum Gasteiger partial charge on any atom is 0.0487 e. The standard InChI is InChI=1S/C19H32O/c1-13(2)14(3)11-16-8-9-18-17(15(16)4)7-6-10-19(18,5)12-20/h11,13,17-18,20H,6-10,12H2,1-5H3/b14-11+. The van der Waals surface area contributed by atoms with E-state index in [1.54, 1.807) is 11.1 Å². The first-order valence-electron chi connectivity index (χ1n) is 8.37. The van der Waals surface area contributed by atoms with Gasteiger partial charge in [0.05, 0.1) is 0 Å². The monoisotopic (exact) mass is 276 g/mol. The Balaban J connectivity index is 2.28. The molecule has 0 aromatic rings. The minimum absolute atomic E-state index is 0.159. The Morgan fingerprint density at radius 1 is 1.40 bits per heavy atom. The van der Waals surface area contributed by atoms with E-state index in [2.05, 4.69) is 40.7 Å². The van der Waals surface area contributed by atoms with Crippen molar-refractivity contribution in [2.45, 2.75) is 66.7 Å². The Hall–Kier alpha value is -0.560. The molecule has 0 amide bonds. The van der Waals surface area contributed by atoms with Gasteiger partial charge < -0.3 is 5.11 Å². The number of aliphatic hydroxyl groups excluding tert-OH is 1. The zero-order valence-electron chi connectivity index (χ0n) is 14.0. The number of rotatable bonds is 3. The molecule has 0 saturated heterocycles. The Morgan fingerprint density at radius 3 is 2.70 bits per heavy atom. The molecule has 1 heteroatoms. The molecule has 20 heavy (non-hydrogen) atoms. The average molecular weight is 276 g/mol. The van der Waals surface area contributed by atoms with Crippen LogP contribution in [0.25, 0.3) is 0 Å². The van der Waals surface area contributed by atoms with E-state index in [9.17, 15) is 5.11 Å². The molecule has 1 nitrogen and oxygen atoms in total. The largest absolute Gasteiger partial charge is 0.396 e. The third-order valence-electron chi connectivity index (χ3n) is 6.11. The van der Waals surface area contributed by atoms with Crippen LogP contribution >= 0.6 is 0 Å². The molecule has 1 N–H and O–H groups in total. The van der Waals surface area contributed by atoms with Crippen LogP contribution in [-0.4, -0.2) is 11.7 Å². The van der Waals surface area contributed by atoms with E-state index in [0.717, 1.165) is 0 Å². The van der Waals surface area contributed by atoms with Crippen molar-refractivity contribution < 1.29 is 5.11 Å². The van der Waals surface area contributed by atoms with Gasteiger partial charge in [0.15, 0.2) is 0 Å². The third-order valence-corrected chi connectivity index (χ3v) is 6.11. The molecule has 0 radical (unpaired) electrons. The maximum absolute atomic E-state index is 9.83. The van der Waals surface area contributed by atoms with E-state index >= 15 is 0 Å². The summed E-state index contributed by atoms with van der Waals surface area (Å²) < 4.78 is 0. The molecular formula is C19H32O. The van der Waals surface area contributed by atoms with Gasteiger partial charge in [-0.05, 0) is 68.3 Å². The Morgan fingerprint density at radius 2 is 2.10 bits per heavy atom. The van der Waals surface area contributed by atoms with Crippen LogP contribution < -0.4 is 0 Å². The lowest BCUT2D eigenvalue weighted by Gasteiger charge is -2.48. The summed E-state index contributed by atoms with van der Waals surface area (Å²) in [6, 6.07) is 0. The summed E-state index contributed by atoms with van der Waals surface area (Å²) in [6.07, 6.45) is 8.71. The number of hydrogen-bond acceptors (Lipinski definition) is 1. The molecule has 1 fully saturated rings.